The van der Waals surface area contributed by atoms with E-state index in [0.29, 0.717) is 6.54 Å². The van der Waals surface area contributed by atoms with E-state index < -0.39 is 0 Å². The lowest BCUT2D eigenvalue weighted by atomic mass is 9.81. The van der Waals surface area contributed by atoms with Gasteiger partial charge in [-0.3, -0.25) is 24.1 Å². The van der Waals surface area contributed by atoms with Crippen LogP contribution in [0.5, 0.6) is 0 Å². The van der Waals surface area contributed by atoms with Crippen LogP contribution in [0.4, 0.5) is 0 Å². The molecule has 1 aliphatic heterocycles. The van der Waals surface area contributed by atoms with Gasteiger partial charge in [0.1, 0.15) is 6.54 Å². The Morgan fingerprint density at radius 3 is 2.09 bits per heavy atom. The van der Waals surface area contributed by atoms with E-state index in [-0.39, 0.29) is 54.5 Å². The highest BCUT2D eigenvalue weighted by molar-refractivity contribution is 6.07. The Morgan fingerprint density at radius 2 is 1.57 bits per heavy atom. The molecule has 2 fully saturated rings. The van der Waals surface area contributed by atoms with Crippen LogP contribution in [0.2, 0.25) is 0 Å². The van der Waals surface area contributed by atoms with Crippen LogP contribution in [0.25, 0.3) is 0 Å². The molecule has 1 aliphatic carbocycles. The first kappa shape index (κ1) is 17.4. The van der Waals surface area contributed by atoms with Gasteiger partial charge in [0.05, 0.1) is 11.8 Å². The predicted octanol–water partition coefficient (Wildman–Crippen LogP) is 0.0500. The summed E-state index contributed by atoms with van der Waals surface area (Å²) in [5.41, 5.74) is 0. The number of carbonyl (C=O) groups excluding carboxylic acids is 4. The van der Waals surface area contributed by atoms with Crippen molar-refractivity contribution in [2.24, 2.45) is 17.8 Å². The van der Waals surface area contributed by atoms with E-state index >= 15 is 0 Å². The number of fused-ring (bicyclic) bond motifs is 1. The second-order valence-electron chi connectivity index (χ2n) is 6.56. The van der Waals surface area contributed by atoms with Gasteiger partial charge in [-0.05, 0) is 12.8 Å². The summed E-state index contributed by atoms with van der Waals surface area (Å²) in [6, 6.07) is 0. The van der Waals surface area contributed by atoms with Crippen LogP contribution < -0.4 is 10.6 Å². The number of amides is 4. The Morgan fingerprint density at radius 1 is 1.04 bits per heavy atom. The zero-order valence-electron chi connectivity index (χ0n) is 13.8. The zero-order chi connectivity index (χ0) is 17.0. The van der Waals surface area contributed by atoms with Crippen molar-refractivity contribution in [2.75, 3.05) is 19.6 Å². The zero-order valence-corrected chi connectivity index (χ0v) is 13.8. The van der Waals surface area contributed by atoms with Gasteiger partial charge < -0.3 is 10.6 Å². The van der Waals surface area contributed by atoms with E-state index in [2.05, 4.69) is 10.6 Å². The number of likely N-dealkylation sites (tertiary alicyclic amines) is 1. The molecule has 0 aromatic carbocycles. The van der Waals surface area contributed by atoms with Gasteiger partial charge in [-0.15, -0.1) is 0 Å². The number of nitrogens with zero attached hydrogens (tertiary/aromatic N) is 1. The molecule has 7 heteroatoms. The fourth-order valence-electron chi connectivity index (χ4n) is 3.18. The normalized spacial score (nSPS) is 23.9. The first-order valence-corrected chi connectivity index (χ1v) is 8.31. The van der Waals surface area contributed by atoms with Crippen molar-refractivity contribution >= 4 is 23.6 Å². The molecule has 128 valence electrons. The highest BCUT2D eigenvalue weighted by atomic mass is 16.2. The predicted molar refractivity (Wildman–Crippen MR) is 83.0 cm³/mol. The average molecular weight is 323 g/mol. The summed E-state index contributed by atoms with van der Waals surface area (Å²) < 4.78 is 0. The summed E-state index contributed by atoms with van der Waals surface area (Å²) in [6.07, 6.45) is 3.43. The van der Waals surface area contributed by atoms with Gasteiger partial charge >= 0.3 is 0 Å². The molecule has 7 nitrogen and oxygen atoms in total. The topological polar surface area (TPSA) is 95.6 Å². The minimum atomic E-state index is -0.371. The number of hydrogen-bond acceptors (Lipinski definition) is 4. The van der Waals surface area contributed by atoms with Gasteiger partial charge in [-0.2, -0.15) is 0 Å². The molecule has 2 aliphatic rings. The van der Waals surface area contributed by atoms with E-state index in [1.54, 1.807) is 13.8 Å². The molecule has 23 heavy (non-hydrogen) atoms. The lowest BCUT2D eigenvalue weighted by Gasteiger charge is -2.19. The number of imide groups is 1. The molecule has 0 aromatic rings. The third-order valence-corrected chi connectivity index (χ3v) is 4.50. The molecule has 0 unspecified atom stereocenters. The van der Waals surface area contributed by atoms with Crippen molar-refractivity contribution in [3.8, 4) is 0 Å². The summed E-state index contributed by atoms with van der Waals surface area (Å²) in [7, 11) is 0. The second kappa shape index (κ2) is 7.57. The number of carbonyl (C=O) groups is 4. The maximum atomic E-state index is 12.2. The molecule has 0 aromatic heterocycles. The van der Waals surface area contributed by atoms with Crippen molar-refractivity contribution in [1.29, 1.82) is 0 Å². The Bertz CT molecular complexity index is 480. The smallest absolute Gasteiger partial charge is 0.240 e. The largest absolute Gasteiger partial charge is 0.354 e. The molecule has 1 saturated carbocycles. The Labute approximate surface area is 136 Å². The molecule has 0 spiro atoms. The SMILES string of the molecule is CC(C)C(=O)NCCNC(=O)CN1C(=O)[C@H]2CCCC[C@H]2C1=O. The van der Waals surface area contributed by atoms with Gasteiger partial charge in [0, 0.05) is 19.0 Å². The summed E-state index contributed by atoms with van der Waals surface area (Å²) in [5.74, 6) is -1.42. The standard InChI is InChI=1S/C16H25N3O4/c1-10(2)14(21)18-8-7-17-13(20)9-19-15(22)11-5-3-4-6-12(11)16(19)23/h10-12H,3-9H2,1-2H3,(H,17,20)(H,18,21)/t11-,12+. The molecule has 4 amide bonds. The van der Waals surface area contributed by atoms with Crippen molar-refractivity contribution in [2.45, 2.75) is 39.5 Å². The lowest BCUT2D eigenvalue weighted by Crippen LogP contribution is -2.43. The molecule has 2 N–H and O–H groups in total. The van der Waals surface area contributed by atoms with Gasteiger partial charge in [-0.25, -0.2) is 0 Å². The maximum Gasteiger partial charge on any atom is 0.240 e. The molecular weight excluding hydrogens is 298 g/mol. The monoisotopic (exact) mass is 323 g/mol. The molecular formula is C16H25N3O4. The van der Waals surface area contributed by atoms with Crippen molar-refractivity contribution in [1.82, 2.24) is 15.5 Å². The molecule has 2 rings (SSSR count). The van der Waals surface area contributed by atoms with Crippen LogP contribution in [0.3, 0.4) is 0 Å². The van der Waals surface area contributed by atoms with Crippen molar-refractivity contribution in [3.63, 3.8) is 0 Å². The minimum Gasteiger partial charge on any atom is -0.354 e. The highest BCUT2D eigenvalue weighted by Crippen LogP contribution is 2.37. The van der Waals surface area contributed by atoms with Crippen LogP contribution in [0.15, 0.2) is 0 Å². The Balaban J connectivity index is 1.76. The lowest BCUT2D eigenvalue weighted by molar-refractivity contribution is -0.143. The van der Waals surface area contributed by atoms with E-state index in [1.807, 2.05) is 0 Å². The number of hydrogen-bond donors (Lipinski definition) is 2. The minimum absolute atomic E-state index is 0.0757. The molecule has 1 heterocycles. The number of rotatable bonds is 6. The summed E-state index contributed by atoms with van der Waals surface area (Å²) in [6.45, 7) is 3.97. The van der Waals surface area contributed by atoms with Gasteiger partial charge in [0.2, 0.25) is 23.6 Å². The number of nitrogens with one attached hydrogen (secondary N) is 2. The first-order chi connectivity index (χ1) is 10.9. The first-order valence-electron chi connectivity index (χ1n) is 8.31. The summed E-state index contributed by atoms with van der Waals surface area (Å²) in [4.78, 5) is 48.9. The Hall–Kier alpha value is -1.92. The van der Waals surface area contributed by atoms with Crippen molar-refractivity contribution in [3.05, 3.63) is 0 Å². The van der Waals surface area contributed by atoms with E-state index in [1.165, 1.54) is 0 Å². The van der Waals surface area contributed by atoms with Crippen LogP contribution >= 0.6 is 0 Å². The van der Waals surface area contributed by atoms with Gasteiger partial charge in [0.15, 0.2) is 0 Å². The van der Waals surface area contributed by atoms with Crippen LogP contribution in [0, 0.1) is 17.8 Å². The summed E-state index contributed by atoms with van der Waals surface area (Å²) in [5, 5.41) is 5.31. The van der Waals surface area contributed by atoms with Gasteiger partial charge in [-0.1, -0.05) is 26.7 Å². The third kappa shape index (κ3) is 4.09. The average Bonchev–Trinajstić information content (AvgIpc) is 2.77. The van der Waals surface area contributed by atoms with Crippen LogP contribution in [0.1, 0.15) is 39.5 Å². The van der Waals surface area contributed by atoms with E-state index in [9.17, 15) is 19.2 Å². The quantitative estimate of drug-likeness (QED) is 0.533. The maximum absolute atomic E-state index is 12.2. The molecule has 1 saturated heterocycles. The van der Waals surface area contributed by atoms with E-state index in [0.717, 1.165) is 30.6 Å². The third-order valence-electron chi connectivity index (χ3n) is 4.50. The van der Waals surface area contributed by atoms with Crippen molar-refractivity contribution < 1.29 is 19.2 Å². The molecule has 0 radical (unpaired) electrons. The van der Waals surface area contributed by atoms with Crippen LogP contribution in [-0.4, -0.2) is 48.2 Å². The highest BCUT2D eigenvalue weighted by Gasteiger charge is 2.48. The fourth-order valence-corrected chi connectivity index (χ4v) is 3.18. The second-order valence-corrected chi connectivity index (χ2v) is 6.56. The summed E-state index contributed by atoms with van der Waals surface area (Å²) >= 11 is 0. The van der Waals surface area contributed by atoms with Gasteiger partial charge in [0.25, 0.3) is 0 Å². The molecule has 2 atom stereocenters. The van der Waals surface area contributed by atoms with Crippen LogP contribution in [-0.2, 0) is 19.2 Å². The fraction of sp³-hybridized carbons (Fsp3) is 0.750. The Kier molecular flexibility index (Phi) is 5.74. The van der Waals surface area contributed by atoms with E-state index in [4.69, 9.17) is 0 Å². The molecule has 0 bridgehead atoms.